The molecule has 8 heterocycles. The van der Waals surface area contributed by atoms with E-state index in [2.05, 4.69) is 16.0 Å². The van der Waals surface area contributed by atoms with Crippen molar-refractivity contribution in [3.05, 3.63) is 168 Å². The van der Waals surface area contributed by atoms with E-state index in [-0.39, 0.29) is 91.1 Å². The van der Waals surface area contributed by atoms with Crippen molar-refractivity contribution in [2.24, 2.45) is 0 Å². The zero-order valence-corrected chi connectivity index (χ0v) is 43.7. The fourth-order valence-electron chi connectivity index (χ4n) is 11.6. The summed E-state index contributed by atoms with van der Waals surface area (Å²) in [5.74, 6) is -7.27. The fraction of sp³-hybridized carbons (Fsp3) is 0.188. The first-order chi connectivity index (χ1) is 44.6. The van der Waals surface area contributed by atoms with Gasteiger partial charge in [0.25, 0.3) is 23.6 Å². The Morgan fingerprint density at radius 1 is 0.321 bits per heavy atom. The molecule has 4 fully saturated rings. The number of amides is 12. The van der Waals surface area contributed by atoms with Gasteiger partial charge < -0.3 is 0 Å². The lowest BCUT2D eigenvalue weighted by molar-refractivity contribution is -0.135. The molecule has 0 saturated carbocycles. The van der Waals surface area contributed by atoms with Crippen molar-refractivity contribution in [1.82, 2.24) is 21.3 Å². The Labute approximate surface area is 490 Å². The number of rotatable bonds is 4. The van der Waals surface area contributed by atoms with Crippen LogP contribution >= 0.6 is 0 Å². The van der Waals surface area contributed by atoms with Crippen LogP contribution < -0.4 is 40.9 Å². The Hall–Kier alpha value is -10.8. The summed E-state index contributed by atoms with van der Waals surface area (Å²) in [4.78, 5) is 150. The van der Waals surface area contributed by atoms with Crippen molar-refractivity contribution < 1.29 is 71.2 Å². The number of nitrogens with zero attached hydrogens (tertiary/aromatic N) is 4. The second-order valence-corrected chi connectivity index (χ2v) is 20.1. The predicted octanol–water partition coefficient (Wildman–Crippen LogP) is 6.42. The molecule has 84 heavy (non-hydrogen) atoms. The maximum Gasteiger partial charge on any atom is 0.259 e. The van der Waals surface area contributed by atoms with E-state index in [0.717, 1.165) is 32.3 Å². The third-order valence-corrected chi connectivity index (χ3v) is 15.3. The van der Waals surface area contributed by atoms with E-state index >= 15 is 0 Å². The number of imide groups is 4. The van der Waals surface area contributed by atoms with Gasteiger partial charge in [-0.1, -0.05) is 97.0 Å². The van der Waals surface area contributed by atoms with Crippen molar-refractivity contribution in [1.29, 1.82) is 0 Å². The molecule has 0 spiro atoms. The normalized spacial score (nSPS) is 26.2. The molecule has 8 aromatic rings. The molecule has 8 aliphatic heterocycles. The van der Waals surface area contributed by atoms with Gasteiger partial charge in [0.1, 0.15) is 24.1 Å². The second kappa shape index (κ2) is 20.7. The summed E-state index contributed by atoms with van der Waals surface area (Å²) in [5.41, 5.74) is 2.42. The molecule has 12 amide bonds. The Kier molecular flexibility index (Phi) is 10.4. The van der Waals surface area contributed by atoms with E-state index in [0.29, 0.717) is 38.7 Å². The molecule has 8 aliphatic rings. The molecular weight excluding hydrogens is 1070 g/mol. The van der Waals surface area contributed by atoms with Gasteiger partial charge in [-0.25, -0.2) is 0 Å². The number of nitrogens with one attached hydrogen (secondary N) is 4. The standard InChI is InChI=1S/4C16H12N2O3/c4*19-13-8-7-12(15(20)17-13)18-11-6-2-4-9-3-1-5-10(14(9)11)16(18)21/h4*1-6,12H,7-8H2,(H,17,19,20)/t2*12-;;/m10../s1/i2*12D;1D,2D,3D,4D,5D,6D,12D;12D. The van der Waals surface area contributed by atoms with Gasteiger partial charge in [-0.2, -0.15) is 0 Å². The Balaban J connectivity index is 0.000000114. The lowest BCUT2D eigenvalue weighted by atomic mass is 10.0. The minimum Gasteiger partial charge on any atom is -0.295 e. The summed E-state index contributed by atoms with van der Waals surface area (Å²) in [6.07, 6.45) is -0.461. The minimum atomic E-state index is -2.31. The van der Waals surface area contributed by atoms with Gasteiger partial charge in [-0.15, -0.1) is 0 Å². The maximum absolute atomic E-state index is 13.1. The van der Waals surface area contributed by atoms with Crippen LogP contribution in [0.15, 0.2) is 145 Å². The molecule has 4 N–H and O–H groups in total. The molecule has 8 aromatic carbocycles. The molecule has 0 radical (unpaired) electrons. The number of carbonyl (C=O) groups excluding carboxylic acids is 12. The van der Waals surface area contributed by atoms with Crippen molar-refractivity contribution in [2.45, 2.75) is 75.4 Å². The molecule has 4 atom stereocenters. The zero-order valence-electron chi connectivity index (χ0n) is 53.7. The van der Waals surface area contributed by atoms with Crippen LogP contribution in [0.25, 0.3) is 43.1 Å². The van der Waals surface area contributed by atoms with Gasteiger partial charge in [-0.05, 0) is 95.7 Å². The number of anilines is 4. The second-order valence-electron chi connectivity index (χ2n) is 20.1. The summed E-state index contributed by atoms with van der Waals surface area (Å²) in [5, 5.41) is 13.0. The van der Waals surface area contributed by atoms with E-state index in [9.17, 15) is 57.5 Å². The van der Waals surface area contributed by atoms with Gasteiger partial charge in [-0.3, -0.25) is 98.4 Å². The number of piperidine rings is 4. The first-order valence-electron chi connectivity index (χ1n) is 31.4. The van der Waals surface area contributed by atoms with Gasteiger partial charge in [0.2, 0.25) is 47.3 Å². The Bertz CT molecular complexity index is 4600. The molecule has 20 heteroatoms. The van der Waals surface area contributed by atoms with Crippen LogP contribution in [0.5, 0.6) is 0 Å². The van der Waals surface area contributed by atoms with Crippen LogP contribution in [0.4, 0.5) is 22.7 Å². The first-order valence-corrected chi connectivity index (χ1v) is 26.4. The highest BCUT2D eigenvalue weighted by Gasteiger charge is 2.44. The summed E-state index contributed by atoms with van der Waals surface area (Å²) >= 11 is 0. The van der Waals surface area contributed by atoms with Crippen LogP contribution in [0.1, 0.15) is 107 Å². The quantitative estimate of drug-likeness (QED) is 0.139. The minimum absolute atomic E-state index is 0.00617. The van der Waals surface area contributed by atoms with Crippen molar-refractivity contribution in [3.63, 3.8) is 0 Å². The number of carbonyl (C=O) groups is 12. The van der Waals surface area contributed by atoms with Crippen LogP contribution in [-0.2, 0) is 38.4 Å². The average molecular weight is 1130 g/mol. The predicted molar refractivity (Wildman–Crippen MR) is 308 cm³/mol. The third-order valence-electron chi connectivity index (χ3n) is 15.3. The maximum atomic E-state index is 13.1. The zero-order chi connectivity index (χ0) is 67.2. The van der Waals surface area contributed by atoms with E-state index < -0.39 is 113 Å². The smallest absolute Gasteiger partial charge is 0.259 e. The number of benzene rings is 8. The van der Waals surface area contributed by atoms with Gasteiger partial charge in [0, 0.05) is 69.5 Å². The molecular formula is C64H48N8O12. The molecule has 16 rings (SSSR count). The van der Waals surface area contributed by atoms with Gasteiger partial charge >= 0.3 is 0 Å². The van der Waals surface area contributed by atoms with Gasteiger partial charge in [0.05, 0.1) is 36.5 Å². The highest BCUT2D eigenvalue weighted by molar-refractivity contribution is 6.30. The van der Waals surface area contributed by atoms with E-state index in [1.807, 2.05) is 41.7 Å². The average Bonchev–Trinajstić information content (AvgIpc) is 1.54. The topological polar surface area (TPSA) is 266 Å². The van der Waals surface area contributed by atoms with E-state index in [1.165, 1.54) is 14.7 Å². The highest BCUT2D eigenvalue weighted by atomic mass is 16.2. The fourth-order valence-corrected chi connectivity index (χ4v) is 11.6. The van der Waals surface area contributed by atoms with Crippen LogP contribution in [0, 0.1) is 0 Å². The van der Waals surface area contributed by atoms with Crippen molar-refractivity contribution in [3.8, 4) is 0 Å². The summed E-state index contributed by atoms with van der Waals surface area (Å²) in [6, 6.07) is 21.1. The molecule has 416 valence electrons. The monoisotopic (exact) mass is 1130 g/mol. The molecule has 2 unspecified atom stereocenters. The molecule has 0 aromatic heterocycles. The number of hydrogen-bond donors (Lipinski definition) is 4. The molecule has 4 saturated heterocycles. The first kappa shape index (κ1) is 42.1. The van der Waals surface area contributed by atoms with Crippen LogP contribution in [-0.4, -0.2) is 95.0 Å². The molecule has 0 aliphatic carbocycles. The van der Waals surface area contributed by atoms with Crippen molar-refractivity contribution >= 4 is 137 Å². The number of hydrogen-bond acceptors (Lipinski definition) is 12. The Morgan fingerprint density at radius 2 is 0.595 bits per heavy atom. The van der Waals surface area contributed by atoms with Crippen LogP contribution in [0.3, 0.4) is 0 Å². The molecule has 20 nitrogen and oxygen atoms in total. The van der Waals surface area contributed by atoms with Crippen LogP contribution in [0.2, 0.25) is 0 Å². The lowest BCUT2D eigenvalue weighted by Crippen LogP contribution is -2.53. The summed E-state index contributed by atoms with van der Waals surface area (Å²) in [7, 11) is 0. The van der Waals surface area contributed by atoms with Crippen molar-refractivity contribution in [2.75, 3.05) is 19.6 Å². The lowest BCUT2D eigenvalue weighted by Gasteiger charge is -2.30. The SMILES string of the molecule is [2H]C1(N2C(=O)c3cccc4cccc2c34)CCC(=O)NC1=O.[2H][C@@]1(N2C(=O)c3cccc4cccc2c34)CCC(=O)NC1=O.[2H][C@]1(N2C(=O)c3cccc4cccc2c34)CCC(=O)NC1=O.[2H]c1c([2H])c2c3c(c([2H])c([2H])c([2H])c3c1[2H])N(C1([2H])CCC(=O)NC1=O)C2=O. The summed E-state index contributed by atoms with van der Waals surface area (Å²) < 4.78 is 82.5. The van der Waals surface area contributed by atoms with E-state index in [1.54, 1.807) is 72.8 Å². The third kappa shape index (κ3) is 8.68. The summed E-state index contributed by atoms with van der Waals surface area (Å²) in [6.45, 7) is 0. The molecule has 0 bridgehead atoms. The Morgan fingerprint density at radius 3 is 0.917 bits per heavy atom. The van der Waals surface area contributed by atoms with E-state index in [4.69, 9.17) is 13.7 Å². The largest absolute Gasteiger partial charge is 0.295 e. The van der Waals surface area contributed by atoms with Gasteiger partial charge in [0.15, 0.2) is 0 Å². The highest BCUT2D eigenvalue weighted by Crippen LogP contribution is 2.43.